The van der Waals surface area contributed by atoms with Crippen molar-refractivity contribution < 1.29 is 8.42 Å². The highest BCUT2D eigenvalue weighted by Gasteiger charge is 2.34. The third-order valence-corrected chi connectivity index (χ3v) is 6.58. The number of piperidine rings is 1. The standard InChI is InChI=1S/C15H27N3O2S/c1-4-15(3)6-8-18(9-7-15)21(19,20)14-10-13(17-12-14)11-16-5-2/h10,12,16-17H,4-9,11H2,1-3H3. The molecule has 1 fully saturated rings. The first-order valence-corrected chi connectivity index (χ1v) is 9.23. The molecule has 120 valence electrons. The van der Waals surface area contributed by atoms with Crippen molar-refractivity contribution in [2.75, 3.05) is 19.6 Å². The molecule has 0 amide bonds. The molecule has 0 aromatic carbocycles. The molecule has 0 radical (unpaired) electrons. The number of nitrogens with one attached hydrogen (secondary N) is 2. The zero-order valence-electron chi connectivity index (χ0n) is 13.3. The van der Waals surface area contributed by atoms with E-state index in [0.29, 0.717) is 29.9 Å². The Morgan fingerprint density at radius 1 is 1.33 bits per heavy atom. The molecule has 0 spiro atoms. The van der Waals surface area contributed by atoms with E-state index >= 15 is 0 Å². The maximum Gasteiger partial charge on any atom is 0.244 e. The summed E-state index contributed by atoms with van der Waals surface area (Å²) < 4.78 is 26.9. The van der Waals surface area contributed by atoms with Crippen LogP contribution in [0.5, 0.6) is 0 Å². The molecular weight excluding hydrogens is 286 g/mol. The van der Waals surface area contributed by atoms with Crippen LogP contribution in [-0.4, -0.2) is 37.3 Å². The first kappa shape index (κ1) is 16.5. The molecule has 1 aromatic rings. The maximum absolute atomic E-state index is 12.7. The van der Waals surface area contributed by atoms with Crippen molar-refractivity contribution in [2.45, 2.75) is 51.5 Å². The summed E-state index contributed by atoms with van der Waals surface area (Å²) >= 11 is 0. The number of H-pyrrole nitrogens is 1. The van der Waals surface area contributed by atoms with E-state index in [1.165, 1.54) is 0 Å². The number of hydrogen-bond acceptors (Lipinski definition) is 3. The van der Waals surface area contributed by atoms with Crippen molar-refractivity contribution in [3.05, 3.63) is 18.0 Å². The van der Waals surface area contributed by atoms with E-state index in [1.807, 2.05) is 6.92 Å². The zero-order chi connectivity index (χ0) is 15.5. The minimum absolute atomic E-state index is 0.292. The molecule has 1 aliphatic heterocycles. The van der Waals surface area contributed by atoms with Gasteiger partial charge >= 0.3 is 0 Å². The molecule has 2 N–H and O–H groups in total. The third-order valence-electron chi connectivity index (χ3n) is 4.70. The van der Waals surface area contributed by atoms with Crippen LogP contribution in [0.1, 0.15) is 45.7 Å². The van der Waals surface area contributed by atoms with Gasteiger partial charge in [0.15, 0.2) is 0 Å². The van der Waals surface area contributed by atoms with Crippen LogP contribution in [0.15, 0.2) is 17.2 Å². The largest absolute Gasteiger partial charge is 0.363 e. The Morgan fingerprint density at radius 3 is 2.57 bits per heavy atom. The second-order valence-electron chi connectivity index (χ2n) is 6.21. The van der Waals surface area contributed by atoms with Gasteiger partial charge in [-0.2, -0.15) is 4.31 Å². The highest BCUT2D eigenvalue weighted by atomic mass is 32.2. The number of aromatic nitrogens is 1. The average Bonchev–Trinajstić information content (AvgIpc) is 2.95. The van der Waals surface area contributed by atoms with Gasteiger partial charge in [-0.1, -0.05) is 27.2 Å². The fourth-order valence-electron chi connectivity index (χ4n) is 2.70. The molecule has 2 rings (SSSR count). The number of hydrogen-bond donors (Lipinski definition) is 2. The summed E-state index contributed by atoms with van der Waals surface area (Å²) in [6.07, 6.45) is 4.60. The Balaban J connectivity index is 2.07. The molecule has 0 aliphatic carbocycles. The van der Waals surface area contributed by atoms with Crippen LogP contribution in [0.3, 0.4) is 0 Å². The van der Waals surface area contributed by atoms with Gasteiger partial charge in [-0.05, 0) is 30.9 Å². The van der Waals surface area contributed by atoms with Gasteiger partial charge in [-0.3, -0.25) is 0 Å². The zero-order valence-corrected chi connectivity index (χ0v) is 14.1. The predicted molar refractivity (Wildman–Crippen MR) is 84.6 cm³/mol. The normalized spacial score (nSPS) is 19.8. The monoisotopic (exact) mass is 313 g/mol. The Labute approximate surface area is 128 Å². The van der Waals surface area contributed by atoms with Gasteiger partial charge in [0.1, 0.15) is 0 Å². The fraction of sp³-hybridized carbons (Fsp3) is 0.733. The molecule has 0 unspecified atom stereocenters. The number of nitrogens with zero attached hydrogens (tertiary/aromatic N) is 1. The maximum atomic E-state index is 12.7. The minimum Gasteiger partial charge on any atom is -0.363 e. The first-order chi connectivity index (χ1) is 9.91. The van der Waals surface area contributed by atoms with E-state index < -0.39 is 10.0 Å². The van der Waals surface area contributed by atoms with Crippen LogP contribution < -0.4 is 5.32 Å². The van der Waals surface area contributed by atoms with Gasteiger partial charge in [0.05, 0.1) is 4.90 Å². The number of aromatic amines is 1. The van der Waals surface area contributed by atoms with Crippen molar-refractivity contribution >= 4 is 10.0 Å². The van der Waals surface area contributed by atoms with Gasteiger partial charge in [0.2, 0.25) is 10.0 Å². The summed E-state index contributed by atoms with van der Waals surface area (Å²) in [6.45, 7) is 9.24. The Bertz CT molecular complexity index is 557. The molecule has 5 nitrogen and oxygen atoms in total. The fourth-order valence-corrected chi connectivity index (χ4v) is 4.16. The van der Waals surface area contributed by atoms with E-state index in [2.05, 4.69) is 24.1 Å². The summed E-state index contributed by atoms with van der Waals surface area (Å²) in [6, 6.07) is 1.74. The van der Waals surface area contributed by atoms with Crippen LogP contribution in [0.25, 0.3) is 0 Å². The number of rotatable bonds is 6. The molecular formula is C15H27N3O2S. The second-order valence-corrected chi connectivity index (χ2v) is 8.15. The van der Waals surface area contributed by atoms with Gasteiger partial charge in [-0.15, -0.1) is 0 Å². The lowest BCUT2D eigenvalue weighted by Crippen LogP contribution is -2.41. The van der Waals surface area contributed by atoms with E-state index in [1.54, 1.807) is 16.6 Å². The SMILES string of the molecule is CCNCc1cc(S(=O)(=O)N2CCC(C)(CC)CC2)c[nH]1. The molecule has 0 saturated carbocycles. The first-order valence-electron chi connectivity index (χ1n) is 7.79. The van der Waals surface area contributed by atoms with Crippen LogP contribution in [0, 0.1) is 5.41 Å². The van der Waals surface area contributed by atoms with Crippen LogP contribution >= 0.6 is 0 Å². The Kier molecular flexibility index (Phi) is 5.11. The van der Waals surface area contributed by atoms with Gasteiger partial charge < -0.3 is 10.3 Å². The van der Waals surface area contributed by atoms with Crippen molar-refractivity contribution in [1.82, 2.24) is 14.6 Å². The summed E-state index contributed by atoms with van der Waals surface area (Å²) in [5.41, 5.74) is 1.20. The second kappa shape index (κ2) is 6.50. The van der Waals surface area contributed by atoms with Crippen molar-refractivity contribution in [1.29, 1.82) is 0 Å². The summed E-state index contributed by atoms with van der Waals surface area (Å²) in [5.74, 6) is 0. The quantitative estimate of drug-likeness (QED) is 0.847. The average molecular weight is 313 g/mol. The van der Waals surface area contributed by atoms with E-state index in [4.69, 9.17) is 0 Å². The molecule has 2 heterocycles. The third kappa shape index (κ3) is 3.67. The van der Waals surface area contributed by atoms with Crippen LogP contribution in [-0.2, 0) is 16.6 Å². The lowest BCUT2D eigenvalue weighted by atomic mass is 9.79. The highest BCUT2D eigenvalue weighted by Crippen LogP contribution is 2.35. The van der Waals surface area contributed by atoms with Crippen molar-refractivity contribution in [3.8, 4) is 0 Å². The lowest BCUT2D eigenvalue weighted by molar-refractivity contribution is 0.169. The summed E-state index contributed by atoms with van der Waals surface area (Å²) in [4.78, 5) is 3.43. The summed E-state index contributed by atoms with van der Waals surface area (Å²) in [7, 11) is -3.35. The minimum atomic E-state index is -3.35. The molecule has 0 atom stereocenters. The van der Waals surface area contributed by atoms with Crippen LogP contribution in [0.4, 0.5) is 0 Å². The van der Waals surface area contributed by atoms with Gasteiger partial charge in [-0.25, -0.2) is 8.42 Å². The van der Waals surface area contributed by atoms with E-state index in [9.17, 15) is 8.42 Å². The van der Waals surface area contributed by atoms with Crippen molar-refractivity contribution in [2.24, 2.45) is 5.41 Å². The molecule has 1 aliphatic rings. The smallest absolute Gasteiger partial charge is 0.244 e. The molecule has 6 heteroatoms. The van der Waals surface area contributed by atoms with E-state index in [0.717, 1.165) is 31.5 Å². The predicted octanol–water partition coefficient (Wildman–Crippen LogP) is 2.32. The topological polar surface area (TPSA) is 65.2 Å². The van der Waals surface area contributed by atoms with Crippen molar-refractivity contribution in [3.63, 3.8) is 0 Å². The van der Waals surface area contributed by atoms with Crippen LogP contribution in [0.2, 0.25) is 0 Å². The lowest BCUT2D eigenvalue weighted by Gasteiger charge is -2.38. The summed E-state index contributed by atoms with van der Waals surface area (Å²) in [5, 5.41) is 3.19. The van der Waals surface area contributed by atoms with E-state index in [-0.39, 0.29) is 0 Å². The molecule has 21 heavy (non-hydrogen) atoms. The molecule has 1 saturated heterocycles. The number of sulfonamides is 1. The molecule has 0 bridgehead atoms. The highest BCUT2D eigenvalue weighted by molar-refractivity contribution is 7.89. The Morgan fingerprint density at radius 2 is 2.00 bits per heavy atom. The molecule has 1 aromatic heterocycles. The van der Waals surface area contributed by atoms with Gasteiger partial charge in [0, 0.05) is 31.5 Å². The van der Waals surface area contributed by atoms with Gasteiger partial charge in [0.25, 0.3) is 0 Å². The Hall–Kier alpha value is -0.850.